The number of rotatable bonds is 4. The molecule has 1 aromatic carbocycles. The molecule has 0 atom stereocenters. The van der Waals surface area contributed by atoms with Crippen LogP contribution in [0.5, 0.6) is 0 Å². The summed E-state index contributed by atoms with van der Waals surface area (Å²) in [4.78, 5) is 0. The molecule has 21 heavy (non-hydrogen) atoms. The zero-order chi connectivity index (χ0) is 14.5. The first-order valence-corrected chi connectivity index (χ1v) is 8.87. The Kier molecular flexibility index (Phi) is 5.32. The number of hydrogen-bond acceptors (Lipinski definition) is 0. The molecule has 0 heterocycles. The smallest absolute Gasteiger partial charge is 0.123 e. The highest BCUT2D eigenvalue weighted by Crippen LogP contribution is 2.40. The van der Waals surface area contributed by atoms with Gasteiger partial charge in [-0.2, -0.15) is 0 Å². The van der Waals surface area contributed by atoms with E-state index in [1.807, 2.05) is 12.1 Å². The Hall–Kier alpha value is -0.850. The number of halogens is 1. The molecule has 0 saturated heterocycles. The fourth-order valence-electron chi connectivity index (χ4n) is 4.39. The van der Waals surface area contributed by atoms with Gasteiger partial charge in [-0.1, -0.05) is 25.0 Å². The Morgan fingerprint density at radius 1 is 0.810 bits per heavy atom. The molecular formula is C20H28F. The lowest BCUT2D eigenvalue weighted by atomic mass is 9.70. The summed E-state index contributed by atoms with van der Waals surface area (Å²) in [6.07, 6.45) is 16.3. The van der Waals surface area contributed by atoms with Crippen LogP contribution in [-0.4, -0.2) is 0 Å². The van der Waals surface area contributed by atoms with Gasteiger partial charge < -0.3 is 0 Å². The lowest BCUT2D eigenvalue weighted by molar-refractivity contribution is 0.173. The molecule has 1 heteroatoms. The van der Waals surface area contributed by atoms with E-state index in [4.69, 9.17) is 0 Å². The first-order chi connectivity index (χ1) is 10.3. The van der Waals surface area contributed by atoms with Gasteiger partial charge in [0.15, 0.2) is 0 Å². The minimum Gasteiger partial charge on any atom is -0.207 e. The molecule has 3 rings (SSSR count). The van der Waals surface area contributed by atoms with Crippen LogP contribution < -0.4 is 0 Å². The van der Waals surface area contributed by atoms with Gasteiger partial charge in [-0.25, -0.2) is 4.39 Å². The third kappa shape index (κ3) is 4.31. The summed E-state index contributed by atoms with van der Waals surface area (Å²) >= 11 is 0. The van der Waals surface area contributed by atoms with Crippen molar-refractivity contribution in [2.24, 2.45) is 17.8 Å². The van der Waals surface area contributed by atoms with Crippen LogP contribution in [0.2, 0.25) is 0 Å². The molecule has 2 aliphatic carbocycles. The van der Waals surface area contributed by atoms with Gasteiger partial charge in [0.1, 0.15) is 5.82 Å². The minimum absolute atomic E-state index is 0.121. The van der Waals surface area contributed by atoms with Crippen LogP contribution in [0.15, 0.2) is 24.3 Å². The van der Waals surface area contributed by atoms with Crippen molar-refractivity contribution < 1.29 is 4.39 Å². The Morgan fingerprint density at radius 3 is 2.10 bits per heavy atom. The van der Waals surface area contributed by atoms with Gasteiger partial charge in [0.2, 0.25) is 0 Å². The highest BCUT2D eigenvalue weighted by atomic mass is 19.1. The maximum absolute atomic E-state index is 12.9. The third-order valence-corrected chi connectivity index (χ3v) is 5.80. The standard InChI is InChI=1S/C20H28F/c21-20-14-10-17(11-15-20)7-6-16-8-12-19(13-9-16)18-4-2-1-3-5-18/h1,10-11,14-16,18-19H,2-9,12-13H2/t16-,19-. The van der Waals surface area contributed by atoms with Crippen molar-refractivity contribution in [2.45, 2.75) is 64.2 Å². The number of aryl methyl sites for hydroxylation is 1. The predicted molar refractivity (Wildman–Crippen MR) is 86.4 cm³/mol. The van der Waals surface area contributed by atoms with Gasteiger partial charge in [-0.15, -0.1) is 0 Å². The molecule has 2 fully saturated rings. The molecule has 1 aromatic rings. The number of hydrogen-bond donors (Lipinski definition) is 0. The van der Waals surface area contributed by atoms with E-state index in [1.165, 1.54) is 63.4 Å². The van der Waals surface area contributed by atoms with E-state index in [0.717, 1.165) is 24.2 Å². The van der Waals surface area contributed by atoms with Crippen LogP contribution in [0.4, 0.5) is 4.39 Å². The summed E-state index contributed by atoms with van der Waals surface area (Å²) < 4.78 is 12.9. The molecule has 0 N–H and O–H groups in total. The van der Waals surface area contributed by atoms with Crippen molar-refractivity contribution in [2.75, 3.05) is 0 Å². The lowest BCUT2D eigenvalue weighted by Gasteiger charge is -2.35. The Bertz CT molecular complexity index is 408. The molecule has 0 amide bonds. The number of benzene rings is 1. The van der Waals surface area contributed by atoms with Crippen LogP contribution in [0.3, 0.4) is 0 Å². The quantitative estimate of drug-likeness (QED) is 0.641. The monoisotopic (exact) mass is 287 g/mol. The SMILES string of the molecule is Fc1ccc(CC[C@H]2CC[C@H](C3CC[CH]CC3)CC2)cc1. The van der Waals surface area contributed by atoms with Gasteiger partial charge in [0.05, 0.1) is 0 Å². The molecule has 115 valence electrons. The van der Waals surface area contributed by atoms with E-state index in [1.54, 1.807) is 12.1 Å². The van der Waals surface area contributed by atoms with E-state index in [2.05, 4.69) is 6.42 Å². The molecular weight excluding hydrogens is 259 g/mol. The van der Waals surface area contributed by atoms with Crippen LogP contribution in [0, 0.1) is 30.0 Å². The van der Waals surface area contributed by atoms with E-state index in [0.29, 0.717) is 0 Å². The molecule has 0 aromatic heterocycles. The zero-order valence-corrected chi connectivity index (χ0v) is 13.1. The minimum atomic E-state index is -0.121. The highest BCUT2D eigenvalue weighted by Gasteiger charge is 2.28. The van der Waals surface area contributed by atoms with Crippen molar-refractivity contribution >= 4 is 0 Å². The van der Waals surface area contributed by atoms with Crippen LogP contribution in [0.1, 0.15) is 63.4 Å². The molecule has 2 saturated carbocycles. The van der Waals surface area contributed by atoms with E-state index < -0.39 is 0 Å². The fraction of sp³-hybridized carbons (Fsp3) is 0.650. The van der Waals surface area contributed by atoms with E-state index >= 15 is 0 Å². The van der Waals surface area contributed by atoms with E-state index in [9.17, 15) is 4.39 Å². The summed E-state index contributed by atoms with van der Waals surface area (Å²) in [5, 5.41) is 0. The first-order valence-electron chi connectivity index (χ1n) is 8.87. The molecule has 0 spiro atoms. The summed E-state index contributed by atoms with van der Waals surface area (Å²) in [5.74, 6) is 2.82. The van der Waals surface area contributed by atoms with Gasteiger partial charge in [-0.05, 0) is 93.2 Å². The topological polar surface area (TPSA) is 0 Å². The Balaban J connectivity index is 1.40. The summed E-state index contributed by atoms with van der Waals surface area (Å²) in [6, 6.07) is 7.07. The lowest BCUT2D eigenvalue weighted by Crippen LogP contribution is -2.23. The van der Waals surface area contributed by atoms with Crippen molar-refractivity contribution in [3.63, 3.8) is 0 Å². The van der Waals surface area contributed by atoms with Crippen molar-refractivity contribution in [1.82, 2.24) is 0 Å². The molecule has 0 aliphatic heterocycles. The van der Waals surface area contributed by atoms with Gasteiger partial charge in [0, 0.05) is 0 Å². The molecule has 2 aliphatic rings. The first kappa shape index (κ1) is 15.1. The maximum atomic E-state index is 12.9. The second-order valence-electron chi connectivity index (χ2n) is 7.15. The molecule has 0 bridgehead atoms. The summed E-state index contributed by atoms with van der Waals surface area (Å²) in [5.41, 5.74) is 1.29. The second kappa shape index (κ2) is 7.42. The normalized spacial score (nSPS) is 27.7. The maximum Gasteiger partial charge on any atom is 0.123 e. The van der Waals surface area contributed by atoms with Crippen LogP contribution in [-0.2, 0) is 6.42 Å². The largest absolute Gasteiger partial charge is 0.207 e. The Morgan fingerprint density at radius 2 is 1.43 bits per heavy atom. The zero-order valence-electron chi connectivity index (χ0n) is 13.1. The molecule has 0 nitrogen and oxygen atoms in total. The van der Waals surface area contributed by atoms with Gasteiger partial charge in [-0.3, -0.25) is 0 Å². The predicted octanol–water partition coefficient (Wildman–Crippen LogP) is 5.96. The summed E-state index contributed by atoms with van der Waals surface area (Å²) in [6.45, 7) is 0. The molecule has 1 radical (unpaired) electrons. The average molecular weight is 287 g/mol. The van der Waals surface area contributed by atoms with Crippen molar-refractivity contribution in [3.05, 3.63) is 42.1 Å². The third-order valence-electron chi connectivity index (χ3n) is 5.80. The van der Waals surface area contributed by atoms with E-state index in [-0.39, 0.29) is 5.82 Å². The van der Waals surface area contributed by atoms with Crippen molar-refractivity contribution in [3.8, 4) is 0 Å². The highest BCUT2D eigenvalue weighted by molar-refractivity contribution is 5.16. The fourth-order valence-corrected chi connectivity index (χ4v) is 4.39. The van der Waals surface area contributed by atoms with Crippen molar-refractivity contribution in [1.29, 1.82) is 0 Å². The van der Waals surface area contributed by atoms with Crippen LogP contribution in [0.25, 0.3) is 0 Å². The molecule has 0 unspecified atom stereocenters. The second-order valence-corrected chi connectivity index (χ2v) is 7.15. The average Bonchev–Trinajstić information content (AvgIpc) is 2.56. The van der Waals surface area contributed by atoms with Gasteiger partial charge >= 0.3 is 0 Å². The Labute approximate surface area is 129 Å². The van der Waals surface area contributed by atoms with Crippen LogP contribution >= 0.6 is 0 Å². The van der Waals surface area contributed by atoms with Gasteiger partial charge in [0.25, 0.3) is 0 Å². The summed E-state index contributed by atoms with van der Waals surface area (Å²) in [7, 11) is 0.